The summed E-state index contributed by atoms with van der Waals surface area (Å²) in [5.74, 6) is 0.424. The Labute approximate surface area is 100 Å². The second-order valence-corrected chi connectivity index (χ2v) is 4.50. The van der Waals surface area contributed by atoms with Gasteiger partial charge in [0.15, 0.2) is 4.77 Å². The summed E-state index contributed by atoms with van der Waals surface area (Å²) >= 11 is 5.31. The molecule has 0 aliphatic rings. The highest BCUT2D eigenvalue weighted by molar-refractivity contribution is 7.71. The van der Waals surface area contributed by atoms with Gasteiger partial charge in [0.1, 0.15) is 0 Å². The molecule has 0 aliphatic heterocycles. The number of rotatable bonds is 2. The predicted molar refractivity (Wildman–Crippen MR) is 67.6 cm³/mol. The quantitative estimate of drug-likeness (QED) is 0.807. The zero-order valence-corrected chi connectivity index (χ0v) is 10.5. The first-order valence-electron chi connectivity index (χ1n) is 5.33. The SMILES string of the molecule is Cc1ncccc1-n1c(C(C)C)c[nH]c1=S. The highest BCUT2D eigenvalue weighted by atomic mass is 32.1. The fourth-order valence-corrected chi connectivity index (χ4v) is 2.03. The molecule has 2 rings (SSSR count). The van der Waals surface area contributed by atoms with E-state index in [0.29, 0.717) is 5.92 Å². The van der Waals surface area contributed by atoms with Gasteiger partial charge in [-0.05, 0) is 37.2 Å². The van der Waals surface area contributed by atoms with E-state index in [1.807, 2.05) is 25.3 Å². The van der Waals surface area contributed by atoms with Gasteiger partial charge in [0, 0.05) is 18.1 Å². The first-order chi connectivity index (χ1) is 7.61. The highest BCUT2D eigenvalue weighted by Crippen LogP contribution is 2.20. The van der Waals surface area contributed by atoms with Gasteiger partial charge in [0.2, 0.25) is 0 Å². The number of aromatic nitrogens is 3. The van der Waals surface area contributed by atoms with Crippen LogP contribution >= 0.6 is 12.2 Å². The summed E-state index contributed by atoms with van der Waals surface area (Å²) in [6.45, 7) is 6.30. The largest absolute Gasteiger partial charge is 0.337 e. The number of aromatic amines is 1. The molecule has 16 heavy (non-hydrogen) atoms. The molecule has 0 amide bonds. The lowest BCUT2D eigenvalue weighted by molar-refractivity contribution is 0.779. The van der Waals surface area contributed by atoms with Crippen LogP contribution in [0.5, 0.6) is 0 Å². The Morgan fingerprint density at radius 2 is 2.19 bits per heavy atom. The lowest BCUT2D eigenvalue weighted by atomic mass is 10.1. The van der Waals surface area contributed by atoms with Crippen LogP contribution in [-0.2, 0) is 0 Å². The Hall–Kier alpha value is -1.42. The van der Waals surface area contributed by atoms with Crippen LogP contribution in [0.2, 0.25) is 0 Å². The van der Waals surface area contributed by atoms with Crippen molar-refractivity contribution in [3.05, 3.63) is 40.7 Å². The molecule has 0 spiro atoms. The summed E-state index contributed by atoms with van der Waals surface area (Å²) in [7, 11) is 0. The van der Waals surface area contributed by atoms with E-state index in [4.69, 9.17) is 12.2 Å². The zero-order valence-electron chi connectivity index (χ0n) is 9.69. The summed E-state index contributed by atoms with van der Waals surface area (Å²) in [5.41, 5.74) is 3.22. The molecular formula is C12H15N3S. The minimum atomic E-state index is 0.424. The van der Waals surface area contributed by atoms with Crippen molar-refractivity contribution >= 4 is 12.2 Å². The standard InChI is InChI=1S/C12H15N3S/c1-8(2)11-7-14-12(16)15(11)10-5-4-6-13-9(10)3/h4-8H,1-3H3,(H,14,16). The first-order valence-corrected chi connectivity index (χ1v) is 5.74. The van der Waals surface area contributed by atoms with Crippen molar-refractivity contribution in [2.45, 2.75) is 26.7 Å². The number of nitrogens with one attached hydrogen (secondary N) is 1. The summed E-state index contributed by atoms with van der Waals surface area (Å²) < 4.78 is 2.78. The van der Waals surface area contributed by atoms with Gasteiger partial charge >= 0.3 is 0 Å². The summed E-state index contributed by atoms with van der Waals surface area (Å²) in [6, 6.07) is 3.97. The van der Waals surface area contributed by atoms with E-state index in [0.717, 1.165) is 16.2 Å². The van der Waals surface area contributed by atoms with E-state index in [1.54, 1.807) is 6.20 Å². The van der Waals surface area contributed by atoms with Crippen molar-refractivity contribution in [3.63, 3.8) is 0 Å². The summed E-state index contributed by atoms with van der Waals surface area (Å²) in [5, 5.41) is 0. The van der Waals surface area contributed by atoms with Crippen LogP contribution in [0.1, 0.15) is 31.2 Å². The van der Waals surface area contributed by atoms with Crippen molar-refractivity contribution in [2.24, 2.45) is 0 Å². The lowest BCUT2D eigenvalue weighted by Crippen LogP contribution is -2.04. The lowest BCUT2D eigenvalue weighted by Gasteiger charge is -2.12. The number of H-pyrrole nitrogens is 1. The van der Waals surface area contributed by atoms with Gasteiger partial charge in [-0.3, -0.25) is 9.55 Å². The molecule has 0 atom stereocenters. The molecule has 2 aromatic rings. The van der Waals surface area contributed by atoms with E-state index >= 15 is 0 Å². The Bertz CT molecular complexity index is 551. The number of imidazole rings is 1. The number of hydrogen-bond acceptors (Lipinski definition) is 2. The summed E-state index contributed by atoms with van der Waals surface area (Å²) in [6.07, 6.45) is 3.77. The Morgan fingerprint density at radius 3 is 2.81 bits per heavy atom. The maximum absolute atomic E-state index is 5.31. The fraction of sp³-hybridized carbons (Fsp3) is 0.333. The molecule has 84 valence electrons. The van der Waals surface area contributed by atoms with Crippen molar-refractivity contribution in [2.75, 3.05) is 0 Å². The predicted octanol–water partition coefficient (Wildman–Crippen LogP) is 3.36. The second-order valence-electron chi connectivity index (χ2n) is 4.12. The van der Waals surface area contributed by atoms with E-state index < -0.39 is 0 Å². The molecule has 0 radical (unpaired) electrons. The topological polar surface area (TPSA) is 33.6 Å². The number of pyridine rings is 1. The molecule has 1 N–H and O–H groups in total. The number of aryl methyl sites for hydroxylation is 1. The highest BCUT2D eigenvalue weighted by Gasteiger charge is 2.11. The summed E-state index contributed by atoms with van der Waals surface area (Å²) in [4.78, 5) is 7.39. The Balaban J connectivity index is 2.69. The minimum Gasteiger partial charge on any atom is -0.337 e. The van der Waals surface area contributed by atoms with E-state index in [9.17, 15) is 0 Å². The van der Waals surface area contributed by atoms with Gasteiger partial charge < -0.3 is 4.98 Å². The Morgan fingerprint density at radius 1 is 1.44 bits per heavy atom. The molecule has 0 saturated carbocycles. The van der Waals surface area contributed by atoms with Crippen LogP contribution in [0.25, 0.3) is 5.69 Å². The molecule has 2 heterocycles. The fourth-order valence-electron chi connectivity index (χ4n) is 1.77. The van der Waals surface area contributed by atoms with E-state index in [1.165, 1.54) is 5.69 Å². The van der Waals surface area contributed by atoms with Crippen molar-refractivity contribution in [1.29, 1.82) is 0 Å². The average Bonchev–Trinajstić information content (AvgIpc) is 2.61. The molecule has 0 unspecified atom stereocenters. The van der Waals surface area contributed by atoms with Gasteiger partial charge in [-0.1, -0.05) is 13.8 Å². The third-order valence-electron chi connectivity index (χ3n) is 2.62. The molecule has 0 bridgehead atoms. The normalized spacial score (nSPS) is 11.0. The maximum Gasteiger partial charge on any atom is 0.182 e. The van der Waals surface area contributed by atoms with Crippen LogP contribution in [0.15, 0.2) is 24.5 Å². The maximum atomic E-state index is 5.31. The van der Waals surface area contributed by atoms with Gasteiger partial charge in [0.05, 0.1) is 11.4 Å². The van der Waals surface area contributed by atoms with Gasteiger partial charge in [-0.25, -0.2) is 0 Å². The zero-order chi connectivity index (χ0) is 11.7. The van der Waals surface area contributed by atoms with Crippen LogP contribution in [-0.4, -0.2) is 14.5 Å². The van der Waals surface area contributed by atoms with Gasteiger partial charge in [-0.15, -0.1) is 0 Å². The van der Waals surface area contributed by atoms with Crippen LogP contribution in [0, 0.1) is 11.7 Å². The van der Waals surface area contributed by atoms with Gasteiger partial charge in [-0.2, -0.15) is 0 Å². The molecule has 0 fully saturated rings. The molecular weight excluding hydrogens is 218 g/mol. The van der Waals surface area contributed by atoms with Crippen LogP contribution < -0.4 is 0 Å². The van der Waals surface area contributed by atoms with Crippen LogP contribution in [0.3, 0.4) is 0 Å². The van der Waals surface area contributed by atoms with Crippen molar-refractivity contribution < 1.29 is 0 Å². The molecule has 0 aromatic carbocycles. The first kappa shape index (κ1) is 11.1. The molecule has 0 aliphatic carbocycles. The third kappa shape index (κ3) is 1.80. The van der Waals surface area contributed by atoms with E-state index in [-0.39, 0.29) is 0 Å². The molecule has 3 nitrogen and oxygen atoms in total. The second kappa shape index (κ2) is 4.22. The van der Waals surface area contributed by atoms with E-state index in [2.05, 4.69) is 28.4 Å². The minimum absolute atomic E-state index is 0.424. The van der Waals surface area contributed by atoms with Crippen molar-refractivity contribution in [1.82, 2.24) is 14.5 Å². The Kier molecular flexibility index (Phi) is 2.92. The average molecular weight is 233 g/mol. The molecule has 4 heteroatoms. The number of hydrogen-bond donors (Lipinski definition) is 1. The smallest absolute Gasteiger partial charge is 0.182 e. The third-order valence-corrected chi connectivity index (χ3v) is 2.92. The molecule has 0 saturated heterocycles. The number of nitrogens with zero attached hydrogens (tertiary/aromatic N) is 2. The van der Waals surface area contributed by atoms with Gasteiger partial charge in [0.25, 0.3) is 0 Å². The molecule has 2 aromatic heterocycles. The van der Waals surface area contributed by atoms with Crippen molar-refractivity contribution in [3.8, 4) is 5.69 Å². The van der Waals surface area contributed by atoms with Crippen LogP contribution in [0.4, 0.5) is 0 Å². The monoisotopic (exact) mass is 233 g/mol.